The summed E-state index contributed by atoms with van der Waals surface area (Å²) in [5.41, 5.74) is -3.24. The summed E-state index contributed by atoms with van der Waals surface area (Å²) < 4.78 is 58.5. The average Bonchev–Trinajstić information content (AvgIpc) is 2.36. The molecule has 0 bridgehead atoms. The van der Waals surface area contributed by atoms with Gasteiger partial charge in [0.15, 0.2) is 5.41 Å². The topological polar surface area (TPSA) is 46.5 Å². The fraction of sp³-hybridized carbons (Fsp3) is 0.462. The summed E-state index contributed by atoms with van der Waals surface area (Å²) >= 11 is 0. The SMILES string of the molecule is CCOc1ccc([C@]2(C(=O)O)CC(F)(F)C2(F)F)cc1. The van der Waals surface area contributed by atoms with E-state index < -0.39 is 29.7 Å². The molecule has 0 aliphatic heterocycles. The van der Waals surface area contributed by atoms with Crippen LogP contribution >= 0.6 is 0 Å². The minimum absolute atomic E-state index is 0.345. The Morgan fingerprint density at radius 2 is 1.80 bits per heavy atom. The van der Waals surface area contributed by atoms with Crippen molar-refractivity contribution in [2.45, 2.75) is 30.6 Å². The maximum atomic E-state index is 13.7. The molecule has 0 aromatic heterocycles. The molecule has 0 saturated heterocycles. The number of rotatable bonds is 4. The van der Waals surface area contributed by atoms with E-state index in [4.69, 9.17) is 9.84 Å². The minimum Gasteiger partial charge on any atom is -0.494 e. The molecular formula is C13H12F4O3. The van der Waals surface area contributed by atoms with Gasteiger partial charge in [-0.25, -0.2) is 0 Å². The third-order valence-corrected chi connectivity index (χ3v) is 3.51. The van der Waals surface area contributed by atoms with Crippen LogP contribution in [-0.2, 0) is 10.2 Å². The van der Waals surface area contributed by atoms with Crippen molar-refractivity contribution >= 4 is 5.97 Å². The molecule has 1 aliphatic carbocycles. The molecule has 0 amide bonds. The Labute approximate surface area is 112 Å². The molecule has 1 aliphatic rings. The van der Waals surface area contributed by atoms with E-state index in [1.165, 1.54) is 12.1 Å². The average molecular weight is 292 g/mol. The first-order valence-corrected chi connectivity index (χ1v) is 5.91. The molecule has 1 aromatic carbocycles. The summed E-state index contributed by atoms with van der Waals surface area (Å²) in [5, 5.41) is 9.03. The predicted molar refractivity (Wildman–Crippen MR) is 61.4 cm³/mol. The molecule has 7 heteroatoms. The molecule has 2 rings (SSSR count). The molecule has 0 unspecified atom stereocenters. The molecule has 1 saturated carbocycles. The third kappa shape index (κ3) is 1.68. The van der Waals surface area contributed by atoms with Crippen molar-refractivity contribution in [2.24, 2.45) is 0 Å². The van der Waals surface area contributed by atoms with Crippen LogP contribution in [0, 0.1) is 0 Å². The molecule has 0 radical (unpaired) electrons. The first-order chi connectivity index (χ1) is 9.19. The highest BCUT2D eigenvalue weighted by atomic mass is 19.3. The van der Waals surface area contributed by atoms with Gasteiger partial charge in [0.1, 0.15) is 5.75 Å². The van der Waals surface area contributed by atoms with Gasteiger partial charge in [-0.1, -0.05) is 12.1 Å². The summed E-state index contributed by atoms with van der Waals surface area (Å²) in [4.78, 5) is 11.2. The Balaban J connectivity index is 2.44. The number of aliphatic carboxylic acids is 1. The van der Waals surface area contributed by atoms with Gasteiger partial charge in [0.05, 0.1) is 6.61 Å². The number of ether oxygens (including phenoxy) is 1. The number of alkyl halides is 4. The lowest BCUT2D eigenvalue weighted by Crippen LogP contribution is -2.72. The molecule has 1 N–H and O–H groups in total. The van der Waals surface area contributed by atoms with Crippen LogP contribution in [-0.4, -0.2) is 29.5 Å². The third-order valence-electron chi connectivity index (χ3n) is 3.51. The molecule has 110 valence electrons. The highest BCUT2D eigenvalue weighted by Gasteiger charge is 2.84. The maximum Gasteiger partial charge on any atom is 0.330 e. The second-order valence-corrected chi connectivity index (χ2v) is 4.62. The van der Waals surface area contributed by atoms with Crippen molar-refractivity contribution in [3.05, 3.63) is 29.8 Å². The number of hydrogen-bond acceptors (Lipinski definition) is 2. The maximum absolute atomic E-state index is 13.7. The summed E-state index contributed by atoms with van der Waals surface area (Å²) in [7, 11) is 0. The molecule has 1 fully saturated rings. The second kappa shape index (κ2) is 4.36. The minimum atomic E-state index is -4.63. The largest absolute Gasteiger partial charge is 0.494 e. The summed E-state index contributed by atoms with van der Waals surface area (Å²) in [6.45, 7) is 2.06. The zero-order valence-corrected chi connectivity index (χ0v) is 10.5. The molecule has 0 spiro atoms. The fourth-order valence-corrected chi connectivity index (χ4v) is 2.38. The zero-order valence-electron chi connectivity index (χ0n) is 10.5. The molecule has 3 nitrogen and oxygen atoms in total. The number of carboxylic acids is 1. The lowest BCUT2D eigenvalue weighted by atomic mass is 9.58. The van der Waals surface area contributed by atoms with E-state index in [9.17, 15) is 22.4 Å². The van der Waals surface area contributed by atoms with E-state index >= 15 is 0 Å². The molecule has 1 aromatic rings. The van der Waals surface area contributed by atoms with Gasteiger partial charge in [-0.3, -0.25) is 4.79 Å². The summed E-state index contributed by atoms with van der Waals surface area (Å²) in [6, 6.07) is 4.75. The van der Waals surface area contributed by atoms with Crippen LogP contribution in [0.4, 0.5) is 17.6 Å². The van der Waals surface area contributed by atoms with E-state index in [0.717, 1.165) is 12.1 Å². The number of hydrogen-bond donors (Lipinski definition) is 1. The Bertz CT molecular complexity index is 527. The Kier molecular flexibility index (Phi) is 3.19. The quantitative estimate of drug-likeness (QED) is 0.867. The van der Waals surface area contributed by atoms with Crippen LogP contribution in [0.2, 0.25) is 0 Å². The highest BCUT2D eigenvalue weighted by molar-refractivity contribution is 5.85. The van der Waals surface area contributed by atoms with E-state index in [-0.39, 0.29) is 5.56 Å². The Morgan fingerprint density at radius 1 is 1.25 bits per heavy atom. The van der Waals surface area contributed by atoms with E-state index in [2.05, 4.69) is 0 Å². The van der Waals surface area contributed by atoms with Crippen molar-refractivity contribution < 1.29 is 32.2 Å². The standard InChI is InChI=1S/C13H12F4O3/c1-2-20-9-5-3-8(4-6-9)11(10(18)19)7-12(14,15)13(11,16)17/h3-6H,2,7H2,1H3,(H,18,19)/t11-/m0/s1. The lowest BCUT2D eigenvalue weighted by Gasteiger charge is -2.51. The molecule has 1 atom stereocenters. The van der Waals surface area contributed by atoms with Crippen molar-refractivity contribution in [1.29, 1.82) is 0 Å². The molecule has 20 heavy (non-hydrogen) atoms. The number of carboxylic acid groups (broad SMARTS) is 1. The van der Waals surface area contributed by atoms with Gasteiger partial charge >= 0.3 is 17.8 Å². The highest BCUT2D eigenvalue weighted by Crippen LogP contribution is 2.64. The van der Waals surface area contributed by atoms with Crippen molar-refractivity contribution in [3.63, 3.8) is 0 Å². The monoisotopic (exact) mass is 292 g/mol. The van der Waals surface area contributed by atoms with Crippen molar-refractivity contribution in [3.8, 4) is 5.75 Å². The van der Waals surface area contributed by atoms with Gasteiger partial charge in [0.25, 0.3) is 0 Å². The van der Waals surface area contributed by atoms with Crippen LogP contribution in [0.15, 0.2) is 24.3 Å². The zero-order chi connectivity index (χ0) is 15.2. The molecule has 0 heterocycles. The van der Waals surface area contributed by atoms with Gasteiger partial charge in [-0.05, 0) is 24.6 Å². The normalized spacial score (nSPS) is 26.6. The van der Waals surface area contributed by atoms with Gasteiger partial charge < -0.3 is 9.84 Å². The van der Waals surface area contributed by atoms with Gasteiger partial charge in [-0.2, -0.15) is 17.6 Å². The van der Waals surface area contributed by atoms with E-state index in [1.807, 2.05) is 0 Å². The fourth-order valence-electron chi connectivity index (χ4n) is 2.38. The first kappa shape index (κ1) is 14.6. The smallest absolute Gasteiger partial charge is 0.330 e. The number of benzene rings is 1. The van der Waals surface area contributed by atoms with Crippen LogP contribution < -0.4 is 4.74 Å². The summed E-state index contributed by atoms with van der Waals surface area (Å²) in [6.07, 6.45) is -1.42. The van der Waals surface area contributed by atoms with Gasteiger partial charge in [0.2, 0.25) is 0 Å². The lowest BCUT2D eigenvalue weighted by molar-refractivity contribution is -0.322. The first-order valence-electron chi connectivity index (χ1n) is 5.91. The van der Waals surface area contributed by atoms with E-state index in [1.54, 1.807) is 6.92 Å². The number of carbonyl (C=O) groups is 1. The predicted octanol–water partition coefficient (Wildman–Crippen LogP) is 3.08. The number of halogens is 4. The van der Waals surface area contributed by atoms with Crippen LogP contribution in [0.25, 0.3) is 0 Å². The van der Waals surface area contributed by atoms with Gasteiger partial charge in [-0.15, -0.1) is 0 Å². The molecular weight excluding hydrogens is 280 g/mol. The van der Waals surface area contributed by atoms with Gasteiger partial charge in [0, 0.05) is 6.42 Å². The summed E-state index contributed by atoms with van der Waals surface area (Å²) in [5.74, 6) is -10.5. The van der Waals surface area contributed by atoms with Crippen molar-refractivity contribution in [2.75, 3.05) is 6.61 Å². The van der Waals surface area contributed by atoms with E-state index in [0.29, 0.717) is 12.4 Å². The van der Waals surface area contributed by atoms with Crippen LogP contribution in [0.5, 0.6) is 5.75 Å². The van der Waals surface area contributed by atoms with Crippen molar-refractivity contribution in [1.82, 2.24) is 0 Å². The Morgan fingerprint density at radius 3 is 2.15 bits per heavy atom. The van der Waals surface area contributed by atoms with Crippen LogP contribution in [0.1, 0.15) is 18.9 Å². The van der Waals surface area contributed by atoms with Crippen LogP contribution in [0.3, 0.4) is 0 Å². The Hall–Kier alpha value is -1.79. The second-order valence-electron chi connectivity index (χ2n) is 4.62.